The van der Waals surface area contributed by atoms with Gasteiger partial charge in [0.25, 0.3) is 0 Å². The Morgan fingerprint density at radius 2 is 1.72 bits per heavy atom. The van der Waals surface area contributed by atoms with Crippen LogP contribution in [0, 0.1) is 5.95 Å². The molecule has 0 fully saturated rings. The molecule has 7 nitrogen and oxygen atoms in total. The highest BCUT2D eigenvalue weighted by Crippen LogP contribution is 2.36. The molecule has 0 atom stereocenters. The van der Waals surface area contributed by atoms with Crippen molar-refractivity contribution in [3.8, 4) is 22.6 Å². The first-order valence-electron chi connectivity index (χ1n) is 10.4. The molecule has 182 valence electrons. The minimum Gasteiger partial charge on any atom is -0.451 e. The number of halogens is 5. The second-order valence-electron chi connectivity index (χ2n) is 7.67. The van der Waals surface area contributed by atoms with Gasteiger partial charge in [-0.05, 0) is 47.5 Å². The highest BCUT2D eigenvalue weighted by molar-refractivity contribution is 6.30. The molecule has 0 saturated heterocycles. The highest BCUT2D eigenvalue weighted by atomic mass is 35.5. The molecule has 0 unspecified atom stereocenters. The average Bonchev–Trinajstić information content (AvgIpc) is 3.17. The number of ether oxygens (including phenoxy) is 1. The van der Waals surface area contributed by atoms with Crippen LogP contribution >= 0.6 is 11.6 Å². The molecule has 0 amide bonds. The zero-order chi connectivity index (χ0) is 25.4. The molecule has 0 aliphatic heterocycles. The van der Waals surface area contributed by atoms with Gasteiger partial charge in [0.05, 0.1) is 12.7 Å². The van der Waals surface area contributed by atoms with E-state index in [1.165, 1.54) is 28.9 Å². The molecule has 5 rings (SSSR count). The van der Waals surface area contributed by atoms with E-state index in [-0.39, 0.29) is 23.7 Å². The summed E-state index contributed by atoms with van der Waals surface area (Å²) in [5.41, 5.74) is 0.172. The Morgan fingerprint density at radius 3 is 2.36 bits per heavy atom. The molecule has 0 saturated carbocycles. The van der Waals surface area contributed by atoms with Gasteiger partial charge in [-0.2, -0.15) is 17.6 Å². The maximum absolute atomic E-state index is 13.3. The van der Waals surface area contributed by atoms with Gasteiger partial charge in [0.15, 0.2) is 5.75 Å². The van der Waals surface area contributed by atoms with Gasteiger partial charge in [-0.1, -0.05) is 29.8 Å². The second-order valence-corrected chi connectivity index (χ2v) is 8.10. The van der Waals surface area contributed by atoms with E-state index in [0.29, 0.717) is 21.7 Å². The summed E-state index contributed by atoms with van der Waals surface area (Å²) >= 11 is 6.01. The van der Waals surface area contributed by atoms with E-state index in [9.17, 15) is 22.4 Å². The number of rotatable bonds is 5. The predicted molar refractivity (Wildman–Crippen MR) is 123 cm³/mol. The van der Waals surface area contributed by atoms with Crippen molar-refractivity contribution in [2.24, 2.45) is 0 Å². The van der Waals surface area contributed by atoms with Crippen LogP contribution in [0.5, 0.6) is 11.5 Å². The summed E-state index contributed by atoms with van der Waals surface area (Å²) in [4.78, 5) is 20.0. The lowest BCUT2D eigenvalue weighted by atomic mass is 10.1. The van der Waals surface area contributed by atoms with E-state index >= 15 is 0 Å². The number of aromatic nitrogens is 5. The van der Waals surface area contributed by atoms with Crippen LogP contribution in [0.4, 0.5) is 17.6 Å². The number of hydrogen-bond donors (Lipinski definition) is 0. The number of pyridine rings is 3. The molecule has 0 aliphatic carbocycles. The van der Waals surface area contributed by atoms with Crippen LogP contribution in [0.15, 0.2) is 78.0 Å². The van der Waals surface area contributed by atoms with Crippen molar-refractivity contribution < 1.29 is 22.3 Å². The zero-order valence-electron chi connectivity index (χ0n) is 18.1. The van der Waals surface area contributed by atoms with Gasteiger partial charge < -0.3 is 4.74 Å². The van der Waals surface area contributed by atoms with Gasteiger partial charge in [-0.25, -0.2) is 18.9 Å². The Bertz CT molecular complexity index is 1600. The lowest BCUT2D eigenvalue weighted by Gasteiger charge is -2.12. The molecule has 4 aromatic heterocycles. The van der Waals surface area contributed by atoms with E-state index < -0.39 is 23.5 Å². The van der Waals surface area contributed by atoms with E-state index in [2.05, 4.69) is 15.1 Å². The van der Waals surface area contributed by atoms with Gasteiger partial charge in [0, 0.05) is 23.0 Å². The first kappa shape index (κ1) is 23.5. The minimum absolute atomic E-state index is 0.126. The molecule has 12 heteroatoms. The lowest BCUT2D eigenvalue weighted by Crippen LogP contribution is -2.21. The smallest absolute Gasteiger partial charge is 0.433 e. The number of benzene rings is 1. The Balaban J connectivity index is 1.60. The fourth-order valence-corrected chi connectivity index (χ4v) is 3.64. The molecule has 0 spiro atoms. The number of fused-ring (bicyclic) bond motifs is 1. The first-order valence-corrected chi connectivity index (χ1v) is 10.8. The summed E-state index contributed by atoms with van der Waals surface area (Å²) in [6.45, 7) is -0.126. The van der Waals surface area contributed by atoms with Crippen molar-refractivity contribution in [1.29, 1.82) is 0 Å². The molecule has 0 bridgehead atoms. The van der Waals surface area contributed by atoms with E-state index in [0.717, 1.165) is 23.0 Å². The third-order valence-electron chi connectivity index (χ3n) is 5.23. The highest BCUT2D eigenvalue weighted by Gasteiger charge is 2.32. The molecule has 36 heavy (non-hydrogen) atoms. The summed E-state index contributed by atoms with van der Waals surface area (Å²) in [7, 11) is 0. The number of hydrogen-bond acceptors (Lipinski definition) is 5. The summed E-state index contributed by atoms with van der Waals surface area (Å²) in [5, 5.41) is 4.89. The molecule has 0 aliphatic rings. The van der Waals surface area contributed by atoms with Crippen molar-refractivity contribution in [1.82, 2.24) is 24.1 Å². The monoisotopic (exact) mass is 515 g/mol. The molecule has 1 aromatic carbocycles. The topological polar surface area (TPSA) is 74.3 Å². The normalized spacial score (nSPS) is 11.7. The summed E-state index contributed by atoms with van der Waals surface area (Å²) in [6, 6.07) is 13.1. The Kier molecular flexibility index (Phi) is 5.92. The Morgan fingerprint density at radius 1 is 0.944 bits per heavy atom. The van der Waals surface area contributed by atoms with Crippen LogP contribution < -0.4 is 10.4 Å². The van der Waals surface area contributed by atoms with Gasteiger partial charge in [-0.3, -0.25) is 4.98 Å². The zero-order valence-corrected chi connectivity index (χ0v) is 18.8. The maximum atomic E-state index is 13.3. The SMILES string of the molecule is O=c1n(Cc2ccc(C(F)(F)F)nc2)nc2c(Oc3ccc(F)nc3)c(-c3ccc(Cl)cc3)ccn12. The standard InChI is InChI=1S/C24H14ClF4N5O2/c25-16-4-2-15(3-5-16)18-9-10-33-22(21(18)36-17-6-8-20(26)31-12-17)32-34(23(33)35)13-14-1-7-19(30-11-14)24(27,28)29/h1-12H,13H2. The maximum Gasteiger partial charge on any atom is 0.433 e. The van der Waals surface area contributed by atoms with E-state index in [1.54, 1.807) is 30.3 Å². The van der Waals surface area contributed by atoms with Crippen LogP contribution in [0.1, 0.15) is 11.3 Å². The third-order valence-corrected chi connectivity index (χ3v) is 5.48. The van der Waals surface area contributed by atoms with Gasteiger partial charge >= 0.3 is 11.9 Å². The van der Waals surface area contributed by atoms with Crippen molar-refractivity contribution in [2.75, 3.05) is 0 Å². The van der Waals surface area contributed by atoms with E-state index in [4.69, 9.17) is 16.3 Å². The second kappa shape index (κ2) is 9.08. The molecular weight excluding hydrogens is 502 g/mol. The van der Waals surface area contributed by atoms with Crippen LogP contribution in [-0.2, 0) is 12.7 Å². The summed E-state index contributed by atoms with van der Waals surface area (Å²) in [5.74, 6) is -0.299. The Labute approximate surface area is 205 Å². The number of alkyl halides is 3. The van der Waals surface area contributed by atoms with Crippen LogP contribution in [0.2, 0.25) is 5.02 Å². The lowest BCUT2D eigenvalue weighted by molar-refractivity contribution is -0.141. The fourth-order valence-electron chi connectivity index (χ4n) is 3.51. The van der Waals surface area contributed by atoms with Gasteiger partial charge in [0.2, 0.25) is 11.6 Å². The quantitative estimate of drug-likeness (QED) is 0.225. The van der Waals surface area contributed by atoms with E-state index in [1.807, 2.05) is 0 Å². The molecule has 4 heterocycles. The molecule has 0 N–H and O–H groups in total. The third kappa shape index (κ3) is 4.65. The van der Waals surface area contributed by atoms with Gasteiger partial charge in [-0.15, -0.1) is 5.10 Å². The van der Waals surface area contributed by atoms with Crippen molar-refractivity contribution in [3.05, 3.63) is 106 Å². The van der Waals surface area contributed by atoms with Crippen molar-refractivity contribution >= 4 is 17.2 Å². The van der Waals surface area contributed by atoms with Crippen molar-refractivity contribution in [3.63, 3.8) is 0 Å². The van der Waals surface area contributed by atoms with Crippen LogP contribution in [-0.4, -0.2) is 24.1 Å². The minimum atomic E-state index is -4.57. The molecule has 0 radical (unpaired) electrons. The van der Waals surface area contributed by atoms with Crippen LogP contribution in [0.3, 0.4) is 0 Å². The first-order chi connectivity index (χ1) is 17.2. The Hall–Kier alpha value is -4.25. The molecular formula is C24H14ClF4N5O2. The predicted octanol–water partition coefficient (Wildman–Crippen LogP) is 5.60. The molecule has 5 aromatic rings. The van der Waals surface area contributed by atoms with Gasteiger partial charge in [0.1, 0.15) is 11.4 Å². The van der Waals surface area contributed by atoms with Crippen molar-refractivity contribution in [2.45, 2.75) is 12.7 Å². The van der Waals surface area contributed by atoms with Crippen LogP contribution in [0.25, 0.3) is 16.8 Å². The number of nitrogens with zero attached hydrogens (tertiary/aromatic N) is 5. The largest absolute Gasteiger partial charge is 0.451 e. The fraction of sp³-hybridized carbons (Fsp3) is 0.0833. The summed E-state index contributed by atoms with van der Waals surface area (Å²) in [6.07, 6.45) is -0.836. The summed E-state index contributed by atoms with van der Waals surface area (Å²) < 4.78 is 60.1. The average molecular weight is 516 g/mol.